The van der Waals surface area contributed by atoms with Crippen molar-refractivity contribution in [2.45, 2.75) is 6.92 Å². The lowest BCUT2D eigenvalue weighted by molar-refractivity contribution is -0.140. The van der Waals surface area contributed by atoms with Crippen LogP contribution < -0.4 is 4.90 Å². The quantitative estimate of drug-likeness (QED) is 0.772. The molecule has 126 valence electrons. The molecule has 8 heteroatoms. The summed E-state index contributed by atoms with van der Waals surface area (Å²) >= 11 is 0. The predicted octanol–water partition coefficient (Wildman–Crippen LogP) is 1.40. The molecule has 0 bridgehead atoms. The fourth-order valence-electron chi connectivity index (χ4n) is 2.42. The Morgan fingerprint density at radius 2 is 1.96 bits per heavy atom. The van der Waals surface area contributed by atoms with Crippen molar-refractivity contribution in [2.24, 2.45) is 0 Å². The fraction of sp³-hybridized carbons (Fsp3) is 0.312. The average molecular weight is 334 g/mol. The van der Waals surface area contributed by atoms with E-state index in [4.69, 9.17) is 9.47 Å². The van der Waals surface area contributed by atoms with Gasteiger partial charge >= 0.3 is 11.9 Å². The van der Waals surface area contributed by atoms with Gasteiger partial charge in [-0.15, -0.1) is 0 Å². The van der Waals surface area contributed by atoms with E-state index in [2.05, 4.69) is 4.74 Å². The first kappa shape index (κ1) is 17.4. The lowest BCUT2D eigenvalue weighted by Crippen LogP contribution is -2.39. The highest BCUT2D eigenvalue weighted by atomic mass is 19.1. The SMILES string of the molecule is COC(=O)C1=C(C(=O)OC)N(c2cc(F)cc(C)c2C#N)COC1. The summed E-state index contributed by atoms with van der Waals surface area (Å²) in [5.74, 6) is -2.17. The van der Waals surface area contributed by atoms with Crippen molar-refractivity contribution >= 4 is 17.6 Å². The monoisotopic (exact) mass is 334 g/mol. The van der Waals surface area contributed by atoms with E-state index in [9.17, 15) is 19.2 Å². The minimum atomic E-state index is -0.815. The van der Waals surface area contributed by atoms with E-state index in [1.54, 1.807) is 6.92 Å². The van der Waals surface area contributed by atoms with E-state index in [0.29, 0.717) is 5.56 Å². The van der Waals surface area contributed by atoms with Gasteiger partial charge in [-0.05, 0) is 24.6 Å². The van der Waals surface area contributed by atoms with Crippen LogP contribution in [0.3, 0.4) is 0 Å². The van der Waals surface area contributed by atoms with Crippen LogP contribution in [0.4, 0.5) is 10.1 Å². The molecule has 1 aromatic carbocycles. The van der Waals surface area contributed by atoms with Gasteiger partial charge in [-0.3, -0.25) is 0 Å². The molecule has 0 unspecified atom stereocenters. The second-order valence-electron chi connectivity index (χ2n) is 4.94. The molecule has 7 nitrogen and oxygen atoms in total. The van der Waals surface area contributed by atoms with Crippen LogP contribution in [0.15, 0.2) is 23.4 Å². The van der Waals surface area contributed by atoms with Gasteiger partial charge in [0.15, 0.2) is 0 Å². The van der Waals surface area contributed by atoms with Gasteiger partial charge < -0.3 is 19.1 Å². The molecule has 0 saturated carbocycles. The molecule has 2 rings (SSSR count). The fourth-order valence-corrected chi connectivity index (χ4v) is 2.42. The number of anilines is 1. The zero-order valence-corrected chi connectivity index (χ0v) is 13.4. The Morgan fingerprint density at radius 3 is 2.54 bits per heavy atom. The van der Waals surface area contributed by atoms with Gasteiger partial charge in [-0.2, -0.15) is 5.26 Å². The number of methoxy groups -OCH3 is 2. The second kappa shape index (κ2) is 7.10. The number of ether oxygens (including phenoxy) is 3. The highest BCUT2D eigenvalue weighted by Crippen LogP contribution is 2.31. The molecule has 1 aromatic rings. The van der Waals surface area contributed by atoms with E-state index >= 15 is 0 Å². The summed E-state index contributed by atoms with van der Waals surface area (Å²) < 4.78 is 28.5. The lowest BCUT2D eigenvalue weighted by Gasteiger charge is -2.32. The third-order valence-corrected chi connectivity index (χ3v) is 3.52. The summed E-state index contributed by atoms with van der Waals surface area (Å²) in [5, 5.41) is 9.36. The number of halogens is 1. The van der Waals surface area contributed by atoms with Crippen LogP contribution in [0.2, 0.25) is 0 Å². The van der Waals surface area contributed by atoms with Crippen molar-refractivity contribution in [3.63, 3.8) is 0 Å². The van der Waals surface area contributed by atoms with Crippen LogP contribution in [0.25, 0.3) is 0 Å². The largest absolute Gasteiger partial charge is 0.466 e. The number of nitrogens with zero attached hydrogens (tertiary/aromatic N) is 2. The van der Waals surface area contributed by atoms with E-state index in [0.717, 1.165) is 20.3 Å². The van der Waals surface area contributed by atoms with Crippen molar-refractivity contribution in [2.75, 3.05) is 32.5 Å². The van der Waals surface area contributed by atoms with Gasteiger partial charge in [-0.1, -0.05) is 0 Å². The zero-order chi connectivity index (χ0) is 17.9. The Balaban J connectivity index is 2.71. The van der Waals surface area contributed by atoms with E-state index < -0.39 is 17.8 Å². The molecule has 0 N–H and O–H groups in total. The number of carbonyl (C=O) groups excluding carboxylic acids is 2. The van der Waals surface area contributed by atoms with Gasteiger partial charge in [-0.25, -0.2) is 14.0 Å². The Kier molecular flexibility index (Phi) is 5.16. The third kappa shape index (κ3) is 3.07. The number of aryl methyl sites for hydroxylation is 1. The molecule has 0 aliphatic carbocycles. The lowest BCUT2D eigenvalue weighted by atomic mass is 10.0. The topological polar surface area (TPSA) is 88.9 Å². The molecular formula is C16H15FN2O5. The summed E-state index contributed by atoms with van der Waals surface area (Å²) in [6.45, 7) is 1.25. The summed E-state index contributed by atoms with van der Waals surface area (Å²) in [5.41, 5.74) is 0.449. The number of rotatable bonds is 3. The van der Waals surface area contributed by atoms with Crippen molar-refractivity contribution < 1.29 is 28.2 Å². The van der Waals surface area contributed by atoms with Gasteiger partial charge in [0, 0.05) is 0 Å². The molecule has 1 aliphatic heterocycles. The molecule has 0 atom stereocenters. The van der Waals surface area contributed by atoms with Crippen LogP contribution in [0.1, 0.15) is 11.1 Å². The molecule has 24 heavy (non-hydrogen) atoms. The molecule has 1 aliphatic rings. The van der Waals surface area contributed by atoms with Crippen LogP contribution in [-0.2, 0) is 23.8 Å². The summed E-state index contributed by atoms with van der Waals surface area (Å²) in [4.78, 5) is 25.4. The first-order chi connectivity index (χ1) is 11.4. The Bertz CT molecular complexity index is 766. The van der Waals surface area contributed by atoms with Crippen LogP contribution in [-0.4, -0.2) is 39.5 Å². The van der Waals surface area contributed by atoms with Gasteiger partial charge in [0.25, 0.3) is 0 Å². The average Bonchev–Trinajstić information content (AvgIpc) is 2.59. The van der Waals surface area contributed by atoms with Crippen molar-refractivity contribution in [3.8, 4) is 6.07 Å². The molecule has 0 aromatic heterocycles. The predicted molar refractivity (Wildman–Crippen MR) is 80.2 cm³/mol. The second-order valence-corrected chi connectivity index (χ2v) is 4.94. The number of hydrogen-bond acceptors (Lipinski definition) is 7. The van der Waals surface area contributed by atoms with E-state index in [1.807, 2.05) is 6.07 Å². The normalized spacial score (nSPS) is 14.2. The van der Waals surface area contributed by atoms with E-state index in [1.165, 1.54) is 11.0 Å². The van der Waals surface area contributed by atoms with Crippen molar-refractivity contribution in [3.05, 3.63) is 40.3 Å². The number of hydrogen-bond donors (Lipinski definition) is 0. The number of benzene rings is 1. The minimum absolute atomic E-state index is 0.0681. The molecule has 0 fully saturated rings. The van der Waals surface area contributed by atoms with Gasteiger partial charge in [0.05, 0.1) is 37.7 Å². The highest BCUT2D eigenvalue weighted by Gasteiger charge is 2.33. The number of carbonyl (C=O) groups is 2. The maximum Gasteiger partial charge on any atom is 0.355 e. The molecule has 0 spiro atoms. The molecule has 0 amide bonds. The number of nitriles is 1. The first-order valence-corrected chi connectivity index (χ1v) is 6.89. The van der Waals surface area contributed by atoms with Crippen molar-refractivity contribution in [1.29, 1.82) is 5.26 Å². The van der Waals surface area contributed by atoms with Gasteiger partial charge in [0.2, 0.25) is 0 Å². The summed E-state index contributed by atoms with van der Waals surface area (Å²) in [6.07, 6.45) is 0. The maximum absolute atomic E-state index is 13.8. The van der Waals surface area contributed by atoms with Crippen LogP contribution >= 0.6 is 0 Å². The Labute approximate surface area is 137 Å². The maximum atomic E-state index is 13.8. The standard InChI is InChI=1S/C16H15FN2O5/c1-9-4-10(17)5-13(11(9)6-18)19-8-24-7-12(15(20)22-2)14(19)16(21)23-3/h4-5H,7-8H2,1-3H3. The summed E-state index contributed by atoms with van der Waals surface area (Å²) in [6, 6.07) is 4.27. The van der Waals surface area contributed by atoms with Crippen LogP contribution in [0.5, 0.6) is 0 Å². The smallest absolute Gasteiger partial charge is 0.355 e. The molecule has 0 saturated heterocycles. The van der Waals surface area contributed by atoms with Crippen molar-refractivity contribution in [1.82, 2.24) is 0 Å². The highest BCUT2D eigenvalue weighted by molar-refractivity contribution is 6.03. The first-order valence-electron chi connectivity index (χ1n) is 6.89. The van der Waals surface area contributed by atoms with Gasteiger partial charge in [0.1, 0.15) is 24.3 Å². The summed E-state index contributed by atoms with van der Waals surface area (Å²) in [7, 11) is 2.32. The van der Waals surface area contributed by atoms with E-state index in [-0.39, 0.29) is 35.9 Å². The molecule has 0 radical (unpaired) electrons. The molecular weight excluding hydrogens is 319 g/mol. The zero-order valence-electron chi connectivity index (χ0n) is 13.4. The molecule has 1 heterocycles. The number of esters is 2. The Hall–Kier alpha value is -2.92. The minimum Gasteiger partial charge on any atom is -0.466 e. The third-order valence-electron chi connectivity index (χ3n) is 3.52. The van der Waals surface area contributed by atoms with Crippen LogP contribution in [0, 0.1) is 24.1 Å². The Morgan fingerprint density at radius 1 is 1.29 bits per heavy atom.